The molecule has 1 aliphatic carbocycles. The highest BCUT2D eigenvalue weighted by molar-refractivity contribution is 5.57. The van der Waals surface area contributed by atoms with Gasteiger partial charge in [0.2, 0.25) is 0 Å². The second kappa shape index (κ2) is 6.47. The molecule has 0 amide bonds. The Hall–Kier alpha value is -2.84. The molecule has 6 N–H and O–H groups in total. The van der Waals surface area contributed by atoms with Crippen LogP contribution in [0.4, 0.5) is 0 Å². The molecule has 2 aromatic carbocycles. The predicted molar refractivity (Wildman–Crippen MR) is 89.9 cm³/mol. The van der Waals surface area contributed by atoms with E-state index in [2.05, 4.69) is 0 Å². The van der Waals surface area contributed by atoms with E-state index in [1.165, 1.54) is 14.2 Å². The fourth-order valence-corrected chi connectivity index (χ4v) is 3.82. The van der Waals surface area contributed by atoms with Crippen LogP contribution in [0.2, 0.25) is 0 Å². The van der Waals surface area contributed by atoms with Crippen molar-refractivity contribution in [2.24, 2.45) is 0 Å². The normalized spacial score (nSPS) is 25.0. The van der Waals surface area contributed by atoms with E-state index in [1.807, 2.05) is 0 Å². The minimum atomic E-state index is -0.664. The number of phenolic OH excluding ortho intramolecular Hbond substituents is 6. The van der Waals surface area contributed by atoms with Gasteiger partial charge >= 0.3 is 0 Å². The molecule has 1 saturated carbocycles. The molecule has 0 saturated heterocycles. The molecule has 0 heterocycles. The first-order chi connectivity index (χ1) is 12.3. The van der Waals surface area contributed by atoms with Crippen LogP contribution in [-0.4, -0.2) is 57.1 Å². The molecule has 0 aliphatic heterocycles. The largest absolute Gasteiger partial charge is 0.508 e. The second-order valence-electron chi connectivity index (χ2n) is 6.25. The Morgan fingerprint density at radius 1 is 0.577 bits per heavy atom. The van der Waals surface area contributed by atoms with E-state index in [0.717, 1.165) is 24.3 Å². The molecule has 3 rings (SSSR count). The van der Waals surface area contributed by atoms with Crippen LogP contribution in [-0.2, 0) is 9.47 Å². The van der Waals surface area contributed by atoms with Crippen molar-refractivity contribution in [3.8, 4) is 34.5 Å². The lowest BCUT2D eigenvalue weighted by Crippen LogP contribution is -2.53. The summed E-state index contributed by atoms with van der Waals surface area (Å²) >= 11 is 0. The summed E-state index contributed by atoms with van der Waals surface area (Å²) in [4.78, 5) is 0. The van der Waals surface area contributed by atoms with E-state index in [1.54, 1.807) is 0 Å². The predicted octanol–water partition coefficient (Wildman–Crippen LogP) is 1.83. The zero-order chi connectivity index (χ0) is 19.2. The number of hydrogen-bond acceptors (Lipinski definition) is 8. The first kappa shape index (κ1) is 18.0. The van der Waals surface area contributed by atoms with Crippen LogP contribution in [0.25, 0.3) is 0 Å². The molecule has 2 aromatic rings. The molecule has 0 radical (unpaired) electrons. The van der Waals surface area contributed by atoms with Crippen molar-refractivity contribution < 1.29 is 40.1 Å². The molecule has 0 unspecified atom stereocenters. The van der Waals surface area contributed by atoms with Crippen molar-refractivity contribution in [2.45, 2.75) is 24.0 Å². The number of benzene rings is 2. The van der Waals surface area contributed by atoms with Gasteiger partial charge in [-0.05, 0) is 0 Å². The van der Waals surface area contributed by atoms with Gasteiger partial charge in [0, 0.05) is 61.4 Å². The third kappa shape index (κ3) is 2.63. The fourth-order valence-electron chi connectivity index (χ4n) is 3.82. The fraction of sp³-hybridized carbons (Fsp3) is 0.333. The topological polar surface area (TPSA) is 140 Å². The molecule has 0 aromatic heterocycles. The number of phenols is 6. The Morgan fingerprint density at radius 2 is 0.846 bits per heavy atom. The molecule has 0 bridgehead atoms. The maximum absolute atomic E-state index is 10.2. The van der Waals surface area contributed by atoms with Crippen LogP contribution < -0.4 is 0 Å². The maximum Gasteiger partial charge on any atom is 0.126 e. The second-order valence-corrected chi connectivity index (χ2v) is 6.25. The molecule has 0 spiro atoms. The Kier molecular flexibility index (Phi) is 4.47. The van der Waals surface area contributed by atoms with E-state index >= 15 is 0 Å². The van der Waals surface area contributed by atoms with Gasteiger partial charge in [-0.15, -0.1) is 0 Å². The van der Waals surface area contributed by atoms with Crippen LogP contribution in [0, 0.1) is 0 Å². The SMILES string of the molecule is COC1C(c2c(O)cc(O)cc2O)C(OC)C1c1c(O)cc(O)cc1O. The number of hydrogen-bond donors (Lipinski definition) is 6. The van der Waals surface area contributed by atoms with E-state index in [0.29, 0.717) is 0 Å². The number of rotatable bonds is 4. The van der Waals surface area contributed by atoms with Crippen molar-refractivity contribution >= 4 is 0 Å². The summed E-state index contributed by atoms with van der Waals surface area (Å²) in [6, 6.07) is 4.38. The zero-order valence-electron chi connectivity index (χ0n) is 14.1. The van der Waals surface area contributed by atoms with Crippen molar-refractivity contribution in [3.05, 3.63) is 35.4 Å². The van der Waals surface area contributed by atoms with Gasteiger partial charge in [-0.25, -0.2) is 0 Å². The summed E-state index contributed by atoms with van der Waals surface area (Å²) in [5.74, 6) is -3.13. The van der Waals surface area contributed by atoms with E-state index in [-0.39, 0.29) is 45.6 Å². The molecule has 140 valence electrons. The Balaban J connectivity index is 2.08. The highest BCUT2D eigenvalue weighted by Crippen LogP contribution is 2.58. The summed E-state index contributed by atoms with van der Waals surface area (Å²) in [6.07, 6.45) is -1.33. The molecule has 1 aliphatic rings. The minimum Gasteiger partial charge on any atom is -0.508 e. The lowest BCUT2D eigenvalue weighted by molar-refractivity contribution is -0.117. The quantitative estimate of drug-likeness (QED) is 0.483. The highest BCUT2D eigenvalue weighted by Gasteiger charge is 2.56. The van der Waals surface area contributed by atoms with Crippen LogP contribution >= 0.6 is 0 Å². The van der Waals surface area contributed by atoms with Gasteiger partial charge < -0.3 is 40.1 Å². The van der Waals surface area contributed by atoms with Gasteiger partial charge in [0.05, 0.1) is 12.2 Å². The summed E-state index contributed by atoms with van der Waals surface area (Å²) in [7, 11) is 2.83. The van der Waals surface area contributed by atoms with Crippen molar-refractivity contribution in [3.63, 3.8) is 0 Å². The van der Waals surface area contributed by atoms with E-state index in [4.69, 9.17) is 9.47 Å². The standard InChI is InChI=1S/C18H20O8/c1-25-17-15(13-9(21)3-7(19)4-10(13)22)18(26-2)16(17)14-11(23)5-8(20)6-12(14)24/h3-6,15-24H,1-2H3. The molecular formula is C18H20O8. The first-order valence-electron chi connectivity index (χ1n) is 7.85. The number of aromatic hydroxyl groups is 6. The van der Waals surface area contributed by atoms with E-state index in [9.17, 15) is 30.6 Å². The molecule has 8 heteroatoms. The molecule has 26 heavy (non-hydrogen) atoms. The lowest BCUT2D eigenvalue weighted by atomic mass is 9.62. The van der Waals surface area contributed by atoms with Gasteiger partial charge in [-0.1, -0.05) is 0 Å². The summed E-state index contributed by atoms with van der Waals surface area (Å²) in [6.45, 7) is 0. The highest BCUT2D eigenvalue weighted by atomic mass is 16.5. The van der Waals surface area contributed by atoms with E-state index < -0.39 is 24.0 Å². The summed E-state index contributed by atoms with van der Waals surface area (Å²) in [5.41, 5.74) is 0.269. The summed E-state index contributed by atoms with van der Waals surface area (Å²) < 4.78 is 11.0. The van der Waals surface area contributed by atoms with Crippen molar-refractivity contribution in [1.29, 1.82) is 0 Å². The van der Waals surface area contributed by atoms with Crippen molar-refractivity contribution in [1.82, 2.24) is 0 Å². The first-order valence-corrected chi connectivity index (χ1v) is 7.85. The average molecular weight is 364 g/mol. The molecule has 8 nitrogen and oxygen atoms in total. The smallest absolute Gasteiger partial charge is 0.126 e. The van der Waals surface area contributed by atoms with Gasteiger partial charge in [-0.2, -0.15) is 0 Å². The molecule has 1 fully saturated rings. The average Bonchev–Trinajstić information content (AvgIpc) is 2.51. The third-order valence-electron chi connectivity index (χ3n) is 4.87. The number of methoxy groups -OCH3 is 2. The maximum atomic E-state index is 10.2. The van der Waals surface area contributed by atoms with Crippen LogP contribution in [0.3, 0.4) is 0 Å². The number of ether oxygens (including phenoxy) is 2. The van der Waals surface area contributed by atoms with Crippen LogP contribution in [0.5, 0.6) is 34.5 Å². The summed E-state index contributed by atoms with van der Waals surface area (Å²) in [5, 5.41) is 59.7. The lowest BCUT2D eigenvalue weighted by Gasteiger charge is -2.50. The Bertz CT molecular complexity index is 710. The van der Waals surface area contributed by atoms with Gasteiger partial charge in [-0.3, -0.25) is 0 Å². The van der Waals surface area contributed by atoms with Gasteiger partial charge in [0.15, 0.2) is 0 Å². The monoisotopic (exact) mass is 364 g/mol. The third-order valence-corrected chi connectivity index (χ3v) is 4.87. The Labute approximate surface area is 149 Å². The Morgan fingerprint density at radius 3 is 1.08 bits per heavy atom. The van der Waals surface area contributed by atoms with Gasteiger partial charge in [0.25, 0.3) is 0 Å². The molecular weight excluding hydrogens is 344 g/mol. The minimum absolute atomic E-state index is 0.135. The van der Waals surface area contributed by atoms with Crippen LogP contribution in [0.15, 0.2) is 24.3 Å². The van der Waals surface area contributed by atoms with Crippen LogP contribution in [0.1, 0.15) is 23.0 Å². The van der Waals surface area contributed by atoms with Gasteiger partial charge in [0.1, 0.15) is 34.5 Å². The van der Waals surface area contributed by atoms with Crippen molar-refractivity contribution in [2.75, 3.05) is 14.2 Å². The zero-order valence-corrected chi connectivity index (χ0v) is 14.1. The molecule has 0 atom stereocenters.